The third-order valence-electron chi connectivity index (χ3n) is 10.6. The van der Waals surface area contributed by atoms with Gasteiger partial charge in [0.25, 0.3) is 0 Å². The van der Waals surface area contributed by atoms with E-state index in [4.69, 9.17) is 4.42 Å². The molecule has 8 heteroatoms. The van der Waals surface area contributed by atoms with Gasteiger partial charge in [-0.15, -0.1) is 5.10 Å². The lowest BCUT2D eigenvalue weighted by atomic mass is 9.52. The fraction of sp³-hybridized carbons (Fsp3) is 0.485. The molecule has 0 spiro atoms. The summed E-state index contributed by atoms with van der Waals surface area (Å²) in [5.41, 5.74) is 3.67. The van der Waals surface area contributed by atoms with Crippen LogP contribution in [0.25, 0.3) is 16.7 Å². The molecule has 4 aromatic rings. The van der Waals surface area contributed by atoms with E-state index in [-0.39, 0.29) is 17.3 Å². The summed E-state index contributed by atoms with van der Waals surface area (Å²) in [5.74, 6) is 2.47. The van der Waals surface area contributed by atoms with Gasteiger partial charge in [0.05, 0.1) is 18.0 Å². The van der Waals surface area contributed by atoms with Gasteiger partial charge in [-0.05, 0) is 122 Å². The summed E-state index contributed by atoms with van der Waals surface area (Å²) >= 11 is 0. The van der Waals surface area contributed by atoms with E-state index in [0.29, 0.717) is 46.1 Å². The van der Waals surface area contributed by atoms with Crippen LogP contribution in [0.4, 0.5) is 0 Å². The van der Waals surface area contributed by atoms with Crippen molar-refractivity contribution in [3.8, 4) is 17.2 Å². The number of rotatable bonds is 6. The molecule has 0 radical (unpaired) electrons. The lowest BCUT2D eigenvalue weighted by Crippen LogP contribution is -2.47. The highest BCUT2D eigenvalue weighted by Crippen LogP contribution is 2.62. The largest absolute Gasteiger partial charge is 0.508 e. The number of hydrogen-bond acceptors (Lipinski definition) is 7. The molecule has 2 saturated carbocycles. The first kappa shape index (κ1) is 26.3. The third-order valence-corrected chi connectivity index (χ3v) is 10.6. The van der Waals surface area contributed by atoms with Crippen LogP contribution in [0.15, 0.2) is 57.9 Å². The second kappa shape index (κ2) is 10.0. The standard InChI is InChI=1S/C33H37N3O5/c1-33-13-12-26-25-9-8-23(37)15-21(25)14-20(31(26)27(33)10-11-30(33)39)4-2-3-5-22-18-34-35-36(22)28-16-19-6-7-24(38)17-29(19)41-32(28)40/h6-9,15-18,20,26-27,30-31,37-39H,2-5,10-14H2,1H3/t20-,26?,27?,30+,31?,33+/m1/s1. The molecule has 3 aliphatic carbocycles. The summed E-state index contributed by atoms with van der Waals surface area (Å²) in [7, 11) is 0. The van der Waals surface area contributed by atoms with Crippen molar-refractivity contribution >= 4 is 11.0 Å². The molecule has 7 rings (SSSR count). The zero-order valence-electron chi connectivity index (χ0n) is 23.4. The molecule has 2 aromatic carbocycles. The van der Waals surface area contributed by atoms with Gasteiger partial charge >= 0.3 is 5.63 Å². The SMILES string of the molecule is C[C@]12CCC3c4ccc(O)cc4C[C@@H](CCCCc4cnnn4-c4cc5ccc(O)cc5oc4=O)C3C1CC[C@@H]2O. The van der Waals surface area contributed by atoms with E-state index in [2.05, 4.69) is 23.3 Å². The summed E-state index contributed by atoms with van der Waals surface area (Å²) in [4.78, 5) is 12.8. The average Bonchev–Trinajstić information content (AvgIpc) is 3.54. The van der Waals surface area contributed by atoms with Crippen molar-refractivity contribution in [2.75, 3.05) is 0 Å². The van der Waals surface area contributed by atoms with Gasteiger partial charge < -0.3 is 19.7 Å². The number of nitrogens with zero attached hydrogens (tertiary/aromatic N) is 3. The quantitative estimate of drug-likeness (QED) is 0.208. The van der Waals surface area contributed by atoms with Crippen molar-refractivity contribution in [3.05, 3.63) is 75.9 Å². The number of aliphatic hydroxyl groups excluding tert-OH is 1. The molecule has 2 aromatic heterocycles. The maximum Gasteiger partial charge on any atom is 0.362 e. The van der Waals surface area contributed by atoms with E-state index in [1.807, 2.05) is 12.1 Å². The highest BCUT2D eigenvalue weighted by atomic mass is 16.4. The van der Waals surface area contributed by atoms with E-state index in [9.17, 15) is 20.1 Å². The Labute approximate surface area is 238 Å². The van der Waals surface area contributed by atoms with Crippen molar-refractivity contribution in [1.82, 2.24) is 15.0 Å². The number of phenols is 2. The summed E-state index contributed by atoms with van der Waals surface area (Å²) < 4.78 is 7.02. The van der Waals surface area contributed by atoms with Crippen LogP contribution >= 0.6 is 0 Å². The van der Waals surface area contributed by atoms with Crippen molar-refractivity contribution < 1.29 is 19.7 Å². The first-order valence-electron chi connectivity index (χ1n) is 15.0. The number of aryl methyl sites for hydroxylation is 1. The van der Waals surface area contributed by atoms with Crippen LogP contribution in [0.5, 0.6) is 11.5 Å². The summed E-state index contributed by atoms with van der Waals surface area (Å²) in [6.07, 6.45) is 10.4. The molecule has 3 N–H and O–H groups in total. The summed E-state index contributed by atoms with van der Waals surface area (Å²) in [6.45, 7) is 2.31. The van der Waals surface area contributed by atoms with Gasteiger partial charge in [0.2, 0.25) is 0 Å². The van der Waals surface area contributed by atoms with Crippen LogP contribution in [0, 0.1) is 23.2 Å². The van der Waals surface area contributed by atoms with Crippen LogP contribution in [0.1, 0.15) is 74.6 Å². The second-order valence-electron chi connectivity index (χ2n) is 12.8. The number of unbranched alkanes of at least 4 members (excludes halogenated alkanes) is 1. The first-order chi connectivity index (χ1) is 19.8. The molecule has 8 nitrogen and oxygen atoms in total. The number of benzene rings is 2. The van der Waals surface area contributed by atoms with Gasteiger partial charge in [0.1, 0.15) is 17.1 Å². The Bertz CT molecular complexity index is 1660. The minimum Gasteiger partial charge on any atom is -0.508 e. The van der Waals surface area contributed by atoms with Gasteiger partial charge in [0.15, 0.2) is 5.69 Å². The number of aromatic nitrogens is 3. The number of aliphatic hydroxyl groups is 1. The van der Waals surface area contributed by atoms with Gasteiger partial charge in [-0.1, -0.05) is 24.6 Å². The van der Waals surface area contributed by atoms with Crippen LogP contribution in [-0.4, -0.2) is 36.4 Å². The minimum atomic E-state index is -0.524. The van der Waals surface area contributed by atoms with E-state index in [0.717, 1.165) is 63.5 Å². The molecule has 0 bridgehead atoms. The third kappa shape index (κ3) is 4.43. The van der Waals surface area contributed by atoms with E-state index in [1.165, 1.54) is 17.2 Å². The highest BCUT2D eigenvalue weighted by molar-refractivity contribution is 5.79. The number of fused-ring (bicyclic) bond motifs is 6. The lowest BCUT2D eigenvalue weighted by molar-refractivity contribution is -0.0396. The van der Waals surface area contributed by atoms with Crippen molar-refractivity contribution in [2.45, 2.75) is 76.7 Å². The van der Waals surface area contributed by atoms with E-state index < -0.39 is 5.63 Å². The predicted molar refractivity (Wildman–Crippen MR) is 154 cm³/mol. The molecule has 214 valence electrons. The first-order valence-corrected chi connectivity index (χ1v) is 15.0. The van der Waals surface area contributed by atoms with Crippen LogP contribution in [-0.2, 0) is 12.8 Å². The van der Waals surface area contributed by atoms with Crippen LogP contribution < -0.4 is 5.63 Å². The monoisotopic (exact) mass is 555 g/mol. The Hall–Kier alpha value is -3.65. The maximum absolute atomic E-state index is 12.8. The second-order valence-corrected chi connectivity index (χ2v) is 12.8. The Balaban J connectivity index is 1.09. The molecule has 0 amide bonds. The predicted octanol–water partition coefficient (Wildman–Crippen LogP) is 5.64. The van der Waals surface area contributed by atoms with E-state index >= 15 is 0 Å². The smallest absolute Gasteiger partial charge is 0.362 e. The van der Waals surface area contributed by atoms with Gasteiger partial charge in [-0.2, -0.15) is 0 Å². The normalized spacial score (nSPS) is 28.8. The zero-order valence-corrected chi connectivity index (χ0v) is 23.4. The Morgan fingerprint density at radius 1 is 1.05 bits per heavy atom. The van der Waals surface area contributed by atoms with Crippen LogP contribution in [0.3, 0.4) is 0 Å². The molecular formula is C33H37N3O5. The maximum atomic E-state index is 12.8. The highest BCUT2D eigenvalue weighted by Gasteiger charge is 2.56. The van der Waals surface area contributed by atoms with Crippen molar-refractivity contribution in [1.29, 1.82) is 0 Å². The van der Waals surface area contributed by atoms with Gasteiger partial charge in [0, 0.05) is 11.5 Å². The average molecular weight is 556 g/mol. The number of hydrogen-bond donors (Lipinski definition) is 3. The molecule has 2 heterocycles. The topological polar surface area (TPSA) is 122 Å². The molecular weight excluding hydrogens is 518 g/mol. The fourth-order valence-corrected chi connectivity index (χ4v) is 8.61. The molecule has 2 fully saturated rings. The van der Waals surface area contributed by atoms with Crippen LogP contribution in [0.2, 0.25) is 0 Å². The minimum absolute atomic E-state index is 0.00565. The Morgan fingerprint density at radius 3 is 2.76 bits per heavy atom. The molecule has 0 saturated heterocycles. The summed E-state index contributed by atoms with van der Waals surface area (Å²) in [6, 6.07) is 12.4. The molecule has 3 aliphatic rings. The van der Waals surface area contributed by atoms with Crippen molar-refractivity contribution in [3.63, 3.8) is 0 Å². The molecule has 41 heavy (non-hydrogen) atoms. The zero-order chi connectivity index (χ0) is 28.3. The molecule has 3 unspecified atom stereocenters. The van der Waals surface area contributed by atoms with Crippen molar-refractivity contribution in [2.24, 2.45) is 23.2 Å². The number of aromatic hydroxyl groups is 2. The summed E-state index contributed by atoms with van der Waals surface area (Å²) in [5, 5.41) is 39.9. The lowest BCUT2D eigenvalue weighted by Gasteiger charge is -2.53. The molecule has 6 atom stereocenters. The Morgan fingerprint density at radius 2 is 1.88 bits per heavy atom. The fourth-order valence-electron chi connectivity index (χ4n) is 8.61. The molecule has 0 aliphatic heterocycles. The van der Waals surface area contributed by atoms with Gasteiger partial charge in [-0.3, -0.25) is 0 Å². The van der Waals surface area contributed by atoms with E-state index in [1.54, 1.807) is 29.1 Å². The number of phenolic OH excluding ortho intramolecular Hbond substituents is 2. The Kier molecular flexibility index (Phi) is 6.41. The van der Waals surface area contributed by atoms with Gasteiger partial charge in [-0.25, -0.2) is 9.48 Å².